The molecule has 1 aromatic heterocycles. The van der Waals surface area contributed by atoms with Gasteiger partial charge in [-0.05, 0) is 55.9 Å². The van der Waals surface area contributed by atoms with Crippen LogP contribution in [0.3, 0.4) is 0 Å². The number of nitrogens with zero attached hydrogens (tertiary/aromatic N) is 3. The third kappa shape index (κ3) is 3.93. The van der Waals surface area contributed by atoms with Crippen LogP contribution in [-0.2, 0) is 0 Å². The van der Waals surface area contributed by atoms with Gasteiger partial charge in [-0.15, -0.1) is 0 Å². The molecule has 1 fully saturated rings. The smallest absolute Gasteiger partial charge is 0.256 e. The normalized spacial score (nSPS) is 15.0. The first-order valence-corrected chi connectivity index (χ1v) is 10.0. The highest BCUT2D eigenvalue weighted by atomic mass is 35.5. The van der Waals surface area contributed by atoms with Gasteiger partial charge in [0.15, 0.2) is 0 Å². The predicted octanol–water partition coefficient (Wildman–Crippen LogP) is 4.63. The van der Waals surface area contributed by atoms with Crippen LogP contribution in [-0.4, -0.2) is 53.5 Å². The molecule has 0 radical (unpaired) electrons. The van der Waals surface area contributed by atoms with E-state index in [1.165, 1.54) is 12.1 Å². The molecule has 0 aliphatic carbocycles. The van der Waals surface area contributed by atoms with Crippen molar-refractivity contribution in [3.8, 4) is 16.8 Å². The lowest BCUT2D eigenvalue weighted by Gasteiger charge is -2.32. The SMILES string of the molecule is Cc1c(C(=O)N2CCN(C)CC2)c(-c2ccc(Cl)cc2)cn1-c1ccc(F)cc1. The molecule has 0 bridgehead atoms. The molecule has 150 valence electrons. The summed E-state index contributed by atoms with van der Waals surface area (Å²) in [6.07, 6.45) is 1.95. The second kappa shape index (κ2) is 8.01. The van der Waals surface area contributed by atoms with Gasteiger partial charge in [-0.3, -0.25) is 4.79 Å². The number of amides is 1. The van der Waals surface area contributed by atoms with E-state index in [0.29, 0.717) is 23.7 Å². The molecular weight excluding hydrogens is 389 g/mol. The van der Waals surface area contributed by atoms with Crippen LogP contribution in [0.2, 0.25) is 5.02 Å². The fourth-order valence-electron chi connectivity index (χ4n) is 3.76. The van der Waals surface area contributed by atoms with Crippen LogP contribution in [0, 0.1) is 12.7 Å². The first kappa shape index (κ1) is 19.7. The highest BCUT2D eigenvalue weighted by molar-refractivity contribution is 6.30. The Balaban J connectivity index is 1.82. The quantitative estimate of drug-likeness (QED) is 0.628. The second-order valence-corrected chi connectivity index (χ2v) is 7.89. The van der Waals surface area contributed by atoms with Crippen LogP contribution < -0.4 is 0 Å². The lowest BCUT2D eigenvalue weighted by molar-refractivity contribution is 0.0664. The molecule has 1 amide bonds. The standard InChI is InChI=1S/C23H23ClFN3O/c1-16-22(23(29)27-13-11-26(2)12-14-27)21(17-3-5-18(24)6-4-17)15-28(16)20-9-7-19(25)8-10-20/h3-10,15H,11-14H2,1-2H3. The lowest BCUT2D eigenvalue weighted by atomic mass is 10.0. The summed E-state index contributed by atoms with van der Waals surface area (Å²) < 4.78 is 15.4. The number of hydrogen-bond donors (Lipinski definition) is 0. The third-order valence-electron chi connectivity index (χ3n) is 5.52. The van der Waals surface area contributed by atoms with Gasteiger partial charge in [0, 0.05) is 54.3 Å². The molecule has 1 aliphatic heterocycles. The number of rotatable bonds is 3. The average molecular weight is 412 g/mol. The predicted molar refractivity (Wildman–Crippen MR) is 114 cm³/mol. The highest BCUT2D eigenvalue weighted by Crippen LogP contribution is 2.32. The van der Waals surface area contributed by atoms with Gasteiger partial charge in [-0.2, -0.15) is 0 Å². The summed E-state index contributed by atoms with van der Waals surface area (Å²) in [5.74, 6) is -0.258. The van der Waals surface area contributed by atoms with Crippen LogP contribution in [0.25, 0.3) is 16.8 Å². The summed E-state index contributed by atoms with van der Waals surface area (Å²) in [7, 11) is 2.07. The van der Waals surface area contributed by atoms with E-state index in [-0.39, 0.29) is 11.7 Å². The van der Waals surface area contributed by atoms with Gasteiger partial charge in [0.25, 0.3) is 5.91 Å². The Labute approximate surface area is 175 Å². The molecule has 1 saturated heterocycles. The zero-order chi connectivity index (χ0) is 20.5. The van der Waals surface area contributed by atoms with E-state index >= 15 is 0 Å². The van der Waals surface area contributed by atoms with Crippen molar-refractivity contribution in [2.24, 2.45) is 0 Å². The summed E-state index contributed by atoms with van der Waals surface area (Å²) in [6.45, 7) is 5.07. The molecular formula is C23H23ClFN3O. The molecule has 0 N–H and O–H groups in total. The van der Waals surface area contributed by atoms with E-state index in [1.807, 2.05) is 46.9 Å². The van der Waals surface area contributed by atoms with E-state index < -0.39 is 0 Å². The second-order valence-electron chi connectivity index (χ2n) is 7.45. The van der Waals surface area contributed by atoms with Gasteiger partial charge in [0.05, 0.1) is 5.56 Å². The summed E-state index contributed by atoms with van der Waals surface area (Å²) in [5, 5.41) is 0.649. The third-order valence-corrected chi connectivity index (χ3v) is 5.77. The maximum atomic E-state index is 13.5. The number of piperazine rings is 1. The number of halogens is 2. The summed E-state index contributed by atoms with van der Waals surface area (Å²) >= 11 is 6.06. The van der Waals surface area contributed by atoms with Crippen molar-refractivity contribution in [2.75, 3.05) is 33.2 Å². The van der Waals surface area contributed by atoms with Gasteiger partial charge >= 0.3 is 0 Å². The largest absolute Gasteiger partial charge is 0.336 e. The minimum atomic E-state index is -0.287. The maximum Gasteiger partial charge on any atom is 0.256 e. The van der Waals surface area contributed by atoms with Crippen molar-refractivity contribution in [2.45, 2.75) is 6.92 Å². The zero-order valence-electron chi connectivity index (χ0n) is 16.5. The highest BCUT2D eigenvalue weighted by Gasteiger charge is 2.27. The maximum absolute atomic E-state index is 13.5. The van der Waals surface area contributed by atoms with Crippen LogP contribution in [0.4, 0.5) is 4.39 Å². The topological polar surface area (TPSA) is 28.5 Å². The van der Waals surface area contributed by atoms with Gasteiger partial charge in [0.1, 0.15) is 5.82 Å². The van der Waals surface area contributed by atoms with Crippen molar-refractivity contribution >= 4 is 17.5 Å². The van der Waals surface area contributed by atoms with Crippen LogP contribution >= 0.6 is 11.6 Å². The number of carbonyl (C=O) groups excluding carboxylic acids is 1. The van der Waals surface area contributed by atoms with Gasteiger partial charge < -0.3 is 14.4 Å². The molecule has 2 heterocycles. The molecule has 6 heteroatoms. The Hall–Kier alpha value is -2.63. The summed E-state index contributed by atoms with van der Waals surface area (Å²) in [5.41, 5.74) is 4.12. The van der Waals surface area contributed by atoms with E-state index in [1.54, 1.807) is 12.1 Å². The fraction of sp³-hybridized carbons (Fsp3) is 0.261. The molecule has 0 spiro atoms. The number of benzene rings is 2. The van der Waals surface area contributed by atoms with Gasteiger partial charge in [-0.1, -0.05) is 23.7 Å². The number of aromatic nitrogens is 1. The zero-order valence-corrected chi connectivity index (χ0v) is 17.3. The van der Waals surface area contributed by atoms with Crippen molar-refractivity contribution in [1.82, 2.24) is 14.4 Å². The van der Waals surface area contributed by atoms with Gasteiger partial charge in [-0.25, -0.2) is 4.39 Å². The Kier molecular flexibility index (Phi) is 5.43. The number of likely N-dealkylation sites (N-methyl/N-ethyl adjacent to an activating group) is 1. The minimum absolute atomic E-state index is 0.0291. The van der Waals surface area contributed by atoms with Crippen molar-refractivity contribution < 1.29 is 9.18 Å². The Morgan fingerprint density at radius 2 is 1.59 bits per heavy atom. The lowest BCUT2D eigenvalue weighted by Crippen LogP contribution is -2.47. The molecule has 2 aromatic carbocycles. The van der Waals surface area contributed by atoms with Gasteiger partial charge in [0.2, 0.25) is 0 Å². The fourth-order valence-corrected chi connectivity index (χ4v) is 3.89. The van der Waals surface area contributed by atoms with Crippen molar-refractivity contribution in [3.05, 3.63) is 76.8 Å². The molecule has 1 aliphatic rings. The average Bonchev–Trinajstić information content (AvgIpc) is 3.06. The first-order chi connectivity index (χ1) is 13.9. The number of hydrogen-bond acceptors (Lipinski definition) is 2. The van der Waals surface area contributed by atoms with E-state index in [0.717, 1.165) is 35.6 Å². The van der Waals surface area contributed by atoms with Crippen molar-refractivity contribution in [3.63, 3.8) is 0 Å². The van der Waals surface area contributed by atoms with Crippen LogP contribution in [0.1, 0.15) is 16.1 Å². The first-order valence-electron chi connectivity index (χ1n) is 9.65. The Morgan fingerprint density at radius 3 is 2.21 bits per heavy atom. The number of carbonyl (C=O) groups is 1. The molecule has 0 saturated carbocycles. The van der Waals surface area contributed by atoms with E-state index in [2.05, 4.69) is 11.9 Å². The minimum Gasteiger partial charge on any atom is -0.336 e. The molecule has 4 nitrogen and oxygen atoms in total. The molecule has 0 unspecified atom stereocenters. The Morgan fingerprint density at radius 1 is 0.966 bits per heavy atom. The molecule has 29 heavy (non-hydrogen) atoms. The van der Waals surface area contributed by atoms with Crippen molar-refractivity contribution in [1.29, 1.82) is 0 Å². The molecule has 4 rings (SSSR count). The molecule has 0 atom stereocenters. The van der Waals surface area contributed by atoms with E-state index in [9.17, 15) is 9.18 Å². The van der Waals surface area contributed by atoms with E-state index in [4.69, 9.17) is 11.6 Å². The van der Waals surface area contributed by atoms with Crippen LogP contribution in [0.15, 0.2) is 54.7 Å². The summed E-state index contributed by atoms with van der Waals surface area (Å²) in [4.78, 5) is 17.6. The molecule has 3 aromatic rings. The van der Waals surface area contributed by atoms with Crippen LogP contribution in [0.5, 0.6) is 0 Å². The summed E-state index contributed by atoms with van der Waals surface area (Å²) in [6, 6.07) is 13.8. The monoisotopic (exact) mass is 411 g/mol. The Bertz CT molecular complexity index is 1020.